The van der Waals surface area contributed by atoms with Crippen molar-refractivity contribution in [3.05, 3.63) is 64.4 Å². The maximum Gasteiger partial charge on any atom is 0.123 e. The predicted octanol–water partition coefficient (Wildman–Crippen LogP) is 3.80. The fourth-order valence-electron chi connectivity index (χ4n) is 2.03. The summed E-state index contributed by atoms with van der Waals surface area (Å²) in [5.74, 6) is 0.460. The fraction of sp³-hybridized carbons (Fsp3) is 0.200. The fourth-order valence-corrected chi connectivity index (χ4v) is 2.31. The van der Waals surface area contributed by atoms with Crippen LogP contribution in [0.1, 0.15) is 17.2 Å². The van der Waals surface area contributed by atoms with E-state index in [1.54, 1.807) is 25.3 Å². The van der Waals surface area contributed by atoms with Gasteiger partial charge in [0.15, 0.2) is 0 Å². The van der Waals surface area contributed by atoms with E-state index in [0.29, 0.717) is 10.8 Å². The van der Waals surface area contributed by atoms with E-state index >= 15 is 0 Å². The lowest BCUT2D eigenvalue weighted by atomic mass is 9.98. The van der Waals surface area contributed by atoms with Crippen molar-refractivity contribution < 1.29 is 9.13 Å². The topological polar surface area (TPSA) is 21.3 Å². The van der Waals surface area contributed by atoms with Crippen LogP contribution in [0.3, 0.4) is 0 Å². The van der Waals surface area contributed by atoms with Gasteiger partial charge in [-0.2, -0.15) is 0 Å². The third-order valence-electron chi connectivity index (χ3n) is 3.01. The summed E-state index contributed by atoms with van der Waals surface area (Å²) in [5, 5.41) is 3.80. The molecule has 4 heteroatoms. The van der Waals surface area contributed by atoms with Crippen LogP contribution in [0.25, 0.3) is 0 Å². The van der Waals surface area contributed by atoms with Gasteiger partial charge in [-0.1, -0.05) is 29.8 Å². The molecule has 0 aliphatic carbocycles. The Labute approximate surface area is 117 Å². The van der Waals surface area contributed by atoms with Gasteiger partial charge in [0.2, 0.25) is 0 Å². The molecule has 1 atom stereocenters. The molecule has 0 aromatic heterocycles. The van der Waals surface area contributed by atoms with Crippen molar-refractivity contribution in [3.8, 4) is 5.75 Å². The Kier molecular flexibility index (Phi) is 4.40. The molecule has 0 amide bonds. The van der Waals surface area contributed by atoms with Crippen molar-refractivity contribution in [2.75, 3.05) is 14.2 Å². The highest BCUT2D eigenvalue weighted by molar-refractivity contribution is 6.31. The molecule has 0 aliphatic rings. The first kappa shape index (κ1) is 13.8. The summed E-state index contributed by atoms with van der Waals surface area (Å²) in [6.07, 6.45) is 0. The van der Waals surface area contributed by atoms with Crippen molar-refractivity contribution in [3.63, 3.8) is 0 Å². The SMILES string of the molecule is CNC(c1ccc(F)cc1)c1ccc(OC)cc1Cl. The number of ether oxygens (including phenoxy) is 1. The second-order valence-electron chi connectivity index (χ2n) is 4.16. The second-order valence-corrected chi connectivity index (χ2v) is 4.57. The number of rotatable bonds is 4. The van der Waals surface area contributed by atoms with E-state index in [0.717, 1.165) is 11.1 Å². The van der Waals surface area contributed by atoms with Crippen LogP contribution in [0.4, 0.5) is 4.39 Å². The summed E-state index contributed by atoms with van der Waals surface area (Å²) < 4.78 is 18.1. The Morgan fingerprint density at radius 1 is 1.16 bits per heavy atom. The van der Waals surface area contributed by atoms with E-state index in [4.69, 9.17) is 16.3 Å². The molecule has 0 fully saturated rings. The summed E-state index contributed by atoms with van der Waals surface area (Å²) >= 11 is 6.27. The highest BCUT2D eigenvalue weighted by atomic mass is 35.5. The number of halogens is 2. The molecule has 0 heterocycles. The average molecular weight is 280 g/mol. The molecule has 0 saturated carbocycles. The standard InChI is InChI=1S/C15H15ClFNO/c1-18-15(10-3-5-11(17)6-4-10)13-8-7-12(19-2)9-14(13)16/h3-9,15,18H,1-2H3. The van der Waals surface area contributed by atoms with E-state index in [-0.39, 0.29) is 11.9 Å². The second kappa shape index (κ2) is 6.04. The van der Waals surface area contributed by atoms with E-state index in [2.05, 4.69) is 5.32 Å². The Hall–Kier alpha value is -1.58. The molecule has 2 nitrogen and oxygen atoms in total. The molecule has 0 aliphatic heterocycles. The normalized spacial score (nSPS) is 12.2. The van der Waals surface area contributed by atoms with E-state index in [1.165, 1.54) is 12.1 Å². The van der Waals surface area contributed by atoms with Gasteiger partial charge < -0.3 is 10.1 Å². The number of nitrogens with one attached hydrogen (secondary N) is 1. The van der Waals surface area contributed by atoms with E-state index < -0.39 is 0 Å². The third kappa shape index (κ3) is 3.06. The smallest absolute Gasteiger partial charge is 0.123 e. The van der Waals surface area contributed by atoms with Crippen LogP contribution in [0.2, 0.25) is 5.02 Å². The van der Waals surface area contributed by atoms with Gasteiger partial charge in [0.1, 0.15) is 11.6 Å². The lowest BCUT2D eigenvalue weighted by Crippen LogP contribution is -2.18. The first-order valence-corrected chi connectivity index (χ1v) is 6.29. The van der Waals surface area contributed by atoms with Crippen molar-refractivity contribution in [2.45, 2.75) is 6.04 Å². The van der Waals surface area contributed by atoms with Crippen molar-refractivity contribution >= 4 is 11.6 Å². The van der Waals surface area contributed by atoms with Gasteiger partial charge in [-0.3, -0.25) is 0 Å². The van der Waals surface area contributed by atoms with Gasteiger partial charge in [0.25, 0.3) is 0 Å². The number of hydrogen-bond acceptors (Lipinski definition) is 2. The van der Waals surface area contributed by atoms with Crippen LogP contribution in [0.15, 0.2) is 42.5 Å². The monoisotopic (exact) mass is 279 g/mol. The Balaban J connectivity index is 2.39. The average Bonchev–Trinajstić information content (AvgIpc) is 2.43. The van der Waals surface area contributed by atoms with Crippen molar-refractivity contribution in [2.24, 2.45) is 0 Å². The van der Waals surface area contributed by atoms with Crippen LogP contribution < -0.4 is 10.1 Å². The maximum atomic E-state index is 13.0. The predicted molar refractivity (Wildman–Crippen MR) is 75.3 cm³/mol. The Morgan fingerprint density at radius 2 is 1.84 bits per heavy atom. The molecule has 1 N–H and O–H groups in total. The Morgan fingerprint density at radius 3 is 2.37 bits per heavy atom. The molecule has 100 valence electrons. The van der Waals surface area contributed by atoms with Crippen molar-refractivity contribution in [1.82, 2.24) is 5.32 Å². The molecule has 19 heavy (non-hydrogen) atoms. The lowest BCUT2D eigenvalue weighted by Gasteiger charge is -2.19. The van der Waals surface area contributed by atoms with E-state index in [1.807, 2.05) is 19.2 Å². The van der Waals surface area contributed by atoms with Gasteiger partial charge in [0, 0.05) is 5.02 Å². The zero-order valence-corrected chi connectivity index (χ0v) is 11.5. The molecule has 0 bridgehead atoms. The summed E-state index contributed by atoms with van der Waals surface area (Å²) in [4.78, 5) is 0. The molecule has 1 unspecified atom stereocenters. The van der Waals surface area contributed by atoms with Crippen LogP contribution in [0.5, 0.6) is 5.75 Å². The summed E-state index contributed by atoms with van der Waals surface area (Å²) in [6, 6.07) is 11.8. The molecule has 0 radical (unpaired) electrons. The van der Waals surface area contributed by atoms with Gasteiger partial charge >= 0.3 is 0 Å². The molecular weight excluding hydrogens is 265 g/mol. The molecule has 2 rings (SSSR count). The Bertz CT molecular complexity index is 557. The quantitative estimate of drug-likeness (QED) is 0.919. The number of hydrogen-bond donors (Lipinski definition) is 1. The largest absolute Gasteiger partial charge is 0.497 e. The molecule has 0 saturated heterocycles. The van der Waals surface area contributed by atoms with Gasteiger partial charge in [-0.15, -0.1) is 0 Å². The zero-order chi connectivity index (χ0) is 13.8. The highest BCUT2D eigenvalue weighted by Crippen LogP contribution is 2.31. The van der Waals surface area contributed by atoms with Crippen LogP contribution >= 0.6 is 11.6 Å². The van der Waals surface area contributed by atoms with Gasteiger partial charge in [-0.25, -0.2) is 4.39 Å². The van der Waals surface area contributed by atoms with Crippen LogP contribution in [-0.4, -0.2) is 14.2 Å². The minimum atomic E-state index is -0.251. The van der Waals surface area contributed by atoms with Gasteiger partial charge in [0.05, 0.1) is 13.2 Å². The molecule has 2 aromatic rings. The third-order valence-corrected chi connectivity index (χ3v) is 3.34. The molecule has 2 aromatic carbocycles. The summed E-state index contributed by atoms with van der Waals surface area (Å²) in [6.45, 7) is 0. The first-order chi connectivity index (χ1) is 9.15. The summed E-state index contributed by atoms with van der Waals surface area (Å²) in [5.41, 5.74) is 1.88. The summed E-state index contributed by atoms with van der Waals surface area (Å²) in [7, 11) is 3.44. The maximum absolute atomic E-state index is 13.0. The van der Waals surface area contributed by atoms with Gasteiger partial charge in [-0.05, 0) is 42.4 Å². The molecular formula is C15H15ClFNO. The highest BCUT2D eigenvalue weighted by Gasteiger charge is 2.15. The number of benzene rings is 2. The first-order valence-electron chi connectivity index (χ1n) is 5.92. The lowest BCUT2D eigenvalue weighted by molar-refractivity contribution is 0.414. The van der Waals surface area contributed by atoms with Crippen molar-refractivity contribution in [1.29, 1.82) is 0 Å². The minimum absolute atomic E-state index is 0.0843. The minimum Gasteiger partial charge on any atom is -0.497 e. The molecule has 0 spiro atoms. The van der Waals surface area contributed by atoms with Crippen LogP contribution in [-0.2, 0) is 0 Å². The van der Waals surface area contributed by atoms with Crippen LogP contribution in [0, 0.1) is 5.82 Å². The van der Waals surface area contributed by atoms with E-state index in [9.17, 15) is 4.39 Å². The number of methoxy groups -OCH3 is 1. The zero-order valence-electron chi connectivity index (χ0n) is 10.8.